The maximum atomic E-state index is 13.8. The highest BCUT2D eigenvalue weighted by Gasteiger charge is 2.43. The molecule has 50 heavy (non-hydrogen) atoms. The summed E-state index contributed by atoms with van der Waals surface area (Å²) in [5.41, 5.74) is 0.0587. The van der Waals surface area contributed by atoms with Gasteiger partial charge in [0.05, 0.1) is 27.4 Å². The lowest BCUT2D eigenvalue weighted by atomic mass is 9.85. The fourth-order valence-electron chi connectivity index (χ4n) is 6.14. The highest BCUT2D eigenvalue weighted by atomic mass is 35.5. The SMILES string of the molecule is COc1ccc([C@H](Cc2c(Cl)c[n+]([O-])cc2Cl)c2cc(CNC(CO)(C(=O)OCC3CCN(C)CC3)c3cccs3)sc2C(=O)O)cc1OC. The minimum Gasteiger partial charge on any atom is -0.619 e. The fourth-order valence-corrected chi connectivity index (χ4v) is 8.62. The van der Waals surface area contributed by atoms with Crippen molar-refractivity contribution in [3.63, 3.8) is 0 Å². The topological polar surface area (TPSA) is 144 Å². The van der Waals surface area contributed by atoms with Gasteiger partial charge in [-0.1, -0.05) is 35.3 Å². The Bertz CT molecular complexity index is 1770. The van der Waals surface area contributed by atoms with E-state index in [-0.39, 0.29) is 40.4 Å². The molecule has 0 bridgehead atoms. The number of aromatic carboxylic acids is 1. The van der Waals surface area contributed by atoms with E-state index < -0.39 is 30.0 Å². The zero-order valence-corrected chi connectivity index (χ0v) is 31.0. The molecule has 1 aliphatic heterocycles. The number of rotatable bonds is 15. The molecule has 268 valence electrons. The van der Waals surface area contributed by atoms with Gasteiger partial charge >= 0.3 is 11.9 Å². The van der Waals surface area contributed by atoms with Crippen LogP contribution < -0.4 is 19.5 Å². The molecule has 1 fully saturated rings. The van der Waals surface area contributed by atoms with Crippen LogP contribution in [0.4, 0.5) is 0 Å². The van der Waals surface area contributed by atoms with E-state index in [0.29, 0.717) is 42.7 Å². The first-order valence-electron chi connectivity index (χ1n) is 15.9. The lowest BCUT2D eigenvalue weighted by Gasteiger charge is -2.32. The summed E-state index contributed by atoms with van der Waals surface area (Å²) in [4.78, 5) is 30.0. The standard InChI is InChI=1S/C35H39Cl2N3O8S2/c1-39-10-8-21(9-11-39)19-48-34(44)35(20-41,31-5-4-12-49-31)38-16-23-14-25(32(50-23)33(42)43)24(15-26-27(36)17-40(45)18-28(26)37)22-6-7-29(46-2)30(13-22)47-3/h4-7,12-14,17-18,21,24,38,41H,8-11,15-16,19-20H2,1-3H3,(H,42,43)/t24-,35?/m0/s1. The molecule has 1 saturated heterocycles. The molecule has 0 radical (unpaired) electrons. The number of benzene rings is 1. The zero-order chi connectivity index (χ0) is 36.0. The Morgan fingerprint density at radius 3 is 2.42 bits per heavy atom. The van der Waals surface area contributed by atoms with Gasteiger partial charge in [-0.15, -0.1) is 22.7 Å². The number of carbonyl (C=O) groups is 2. The Kier molecular flexibility index (Phi) is 12.6. The van der Waals surface area contributed by atoms with Crippen LogP contribution in [0.15, 0.2) is 54.2 Å². The molecule has 0 aliphatic carbocycles. The van der Waals surface area contributed by atoms with Crippen molar-refractivity contribution in [1.82, 2.24) is 10.2 Å². The van der Waals surface area contributed by atoms with Gasteiger partial charge in [-0.05, 0) is 86.1 Å². The number of carbonyl (C=O) groups excluding carboxylic acids is 1. The highest BCUT2D eigenvalue weighted by molar-refractivity contribution is 7.14. The molecule has 4 heterocycles. The smallest absolute Gasteiger partial charge is 0.346 e. The largest absolute Gasteiger partial charge is 0.619 e. The average Bonchev–Trinajstić information content (AvgIpc) is 3.80. The highest BCUT2D eigenvalue weighted by Crippen LogP contribution is 2.41. The quantitative estimate of drug-likeness (QED) is 0.0784. The van der Waals surface area contributed by atoms with Crippen molar-refractivity contribution in [1.29, 1.82) is 0 Å². The van der Waals surface area contributed by atoms with Crippen LogP contribution in [-0.2, 0) is 28.0 Å². The lowest BCUT2D eigenvalue weighted by molar-refractivity contribution is -0.605. The number of aromatic nitrogens is 1. The van der Waals surface area contributed by atoms with Crippen molar-refractivity contribution in [3.8, 4) is 11.5 Å². The summed E-state index contributed by atoms with van der Waals surface area (Å²) < 4.78 is 17.3. The van der Waals surface area contributed by atoms with E-state index in [2.05, 4.69) is 17.3 Å². The summed E-state index contributed by atoms with van der Waals surface area (Å²) in [6.07, 6.45) is 4.36. The number of thiophene rings is 2. The van der Waals surface area contributed by atoms with Crippen molar-refractivity contribution in [2.75, 3.05) is 47.6 Å². The molecule has 3 N–H and O–H groups in total. The summed E-state index contributed by atoms with van der Waals surface area (Å²) in [6.45, 7) is 1.58. The van der Waals surface area contributed by atoms with Crippen LogP contribution in [-0.4, -0.2) is 74.6 Å². The number of esters is 1. The predicted molar refractivity (Wildman–Crippen MR) is 193 cm³/mol. The van der Waals surface area contributed by atoms with Gasteiger partial charge in [-0.3, -0.25) is 5.32 Å². The number of hydrogen-bond donors (Lipinski definition) is 3. The summed E-state index contributed by atoms with van der Waals surface area (Å²) >= 11 is 15.4. The molecule has 0 saturated carbocycles. The monoisotopic (exact) mass is 763 g/mol. The first-order chi connectivity index (χ1) is 24.0. The second kappa shape index (κ2) is 16.7. The number of likely N-dealkylation sites (tertiary alicyclic amines) is 1. The van der Waals surface area contributed by atoms with Crippen molar-refractivity contribution < 1.29 is 38.7 Å². The maximum Gasteiger partial charge on any atom is 0.346 e. The van der Waals surface area contributed by atoms with E-state index in [0.717, 1.165) is 37.3 Å². The van der Waals surface area contributed by atoms with E-state index in [4.69, 9.17) is 37.4 Å². The number of ether oxygens (including phenoxy) is 3. The molecule has 3 aromatic heterocycles. The van der Waals surface area contributed by atoms with Crippen LogP contribution in [0.2, 0.25) is 10.0 Å². The molecule has 5 rings (SSSR count). The van der Waals surface area contributed by atoms with Gasteiger partial charge in [0.15, 0.2) is 29.4 Å². The van der Waals surface area contributed by atoms with E-state index in [1.54, 1.807) is 36.4 Å². The normalized spacial score (nSPS) is 15.7. The van der Waals surface area contributed by atoms with Gasteiger partial charge in [-0.25, -0.2) is 9.59 Å². The minimum atomic E-state index is -1.56. The van der Waals surface area contributed by atoms with Crippen molar-refractivity contribution in [3.05, 3.63) is 101 Å². The number of hydrogen-bond acceptors (Lipinski definition) is 11. The Labute approximate surface area is 308 Å². The molecule has 0 spiro atoms. The molecule has 1 aliphatic rings. The third kappa shape index (κ3) is 8.37. The average molecular weight is 765 g/mol. The number of aliphatic hydroxyl groups is 1. The van der Waals surface area contributed by atoms with Crippen LogP contribution in [0, 0.1) is 11.1 Å². The Morgan fingerprint density at radius 2 is 1.82 bits per heavy atom. The van der Waals surface area contributed by atoms with E-state index in [9.17, 15) is 25.0 Å². The van der Waals surface area contributed by atoms with Crippen molar-refractivity contribution in [2.45, 2.75) is 37.3 Å². The summed E-state index contributed by atoms with van der Waals surface area (Å²) in [7, 11) is 5.09. The van der Waals surface area contributed by atoms with E-state index in [1.807, 2.05) is 5.38 Å². The number of methoxy groups -OCH3 is 2. The Balaban J connectivity index is 1.50. The first-order valence-corrected chi connectivity index (χ1v) is 18.3. The van der Waals surface area contributed by atoms with Gasteiger partial charge in [-0.2, -0.15) is 4.73 Å². The van der Waals surface area contributed by atoms with Crippen LogP contribution in [0.5, 0.6) is 11.5 Å². The van der Waals surface area contributed by atoms with E-state index >= 15 is 0 Å². The summed E-state index contributed by atoms with van der Waals surface area (Å²) in [5, 5.41) is 38.5. The predicted octanol–water partition coefficient (Wildman–Crippen LogP) is 5.70. The number of halogens is 2. The van der Waals surface area contributed by atoms with E-state index in [1.165, 1.54) is 38.0 Å². The van der Waals surface area contributed by atoms with Crippen LogP contribution >= 0.6 is 45.9 Å². The number of piperidine rings is 1. The molecular weight excluding hydrogens is 725 g/mol. The lowest BCUT2D eigenvalue weighted by Crippen LogP contribution is -2.52. The molecule has 1 aromatic carbocycles. The number of carboxylic acids is 1. The van der Waals surface area contributed by atoms with Gasteiger partial charge in [0.25, 0.3) is 0 Å². The molecule has 15 heteroatoms. The second-order valence-corrected chi connectivity index (χ2v) is 15.1. The molecule has 1 unspecified atom stereocenters. The molecular formula is C35H39Cl2N3O8S2. The van der Waals surface area contributed by atoms with Crippen LogP contribution in [0.25, 0.3) is 0 Å². The van der Waals surface area contributed by atoms with Crippen molar-refractivity contribution >= 4 is 57.8 Å². The maximum absolute atomic E-state index is 13.8. The number of carboxylic acid groups (broad SMARTS) is 1. The minimum absolute atomic E-state index is 0.0500. The Hall–Kier alpha value is -3.43. The van der Waals surface area contributed by atoms with Gasteiger partial charge in [0.1, 0.15) is 14.9 Å². The molecule has 0 amide bonds. The fraction of sp³-hybridized carbons (Fsp3) is 0.400. The third-order valence-electron chi connectivity index (χ3n) is 9.04. The van der Waals surface area contributed by atoms with Crippen molar-refractivity contribution in [2.24, 2.45) is 5.92 Å². The number of nitrogens with zero attached hydrogens (tertiary/aromatic N) is 2. The number of nitrogens with one attached hydrogen (secondary N) is 1. The first kappa shape index (κ1) is 37.8. The van der Waals surface area contributed by atoms with Crippen LogP contribution in [0.3, 0.4) is 0 Å². The molecule has 4 aromatic rings. The molecule has 11 nitrogen and oxygen atoms in total. The zero-order valence-electron chi connectivity index (χ0n) is 27.8. The summed E-state index contributed by atoms with van der Waals surface area (Å²) in [6, 6.07) is 10.6. The number of aliphatic hydroxyl groups excluding tert-OH is 1. The Morgan fingerprint density at radius 1 is 1.12 bits per heavy atom. The second-order valence-electron chi connectivity index (χ2n) is 12.2. The number of pyridine rings is 1. The third-order valence-corrected chi connectivity index (χ3v) is 11.9. The van der Waals surface area contributed by atoms with Gasteiger partial charge < -0.3 is 34.5 Å². The van der Waals surface area contributed by atoms with Gasteiger partial charge in [0.2, 0.25) is 0 Å². The van der Waals surface area contributed by atoms with Gasteiger partial charge in [0, 0.05) is 27.8 Å². The molecule has 2 atom stereocenters. The van der Waals surface area contributed by atoms with Crippen LogP contribution in [0.1, 0.15) is 54.9 Å². The summed E-state index contributed by atoms with van der Waals surface area (Å²) in [5.74, 6) is -1.19.